The Morgan fingerprint density at radius 2 is 1.96 bits per heavy atom. The van der Waals surface area contributed by atoms with Crippen molar-refractivity contribution in [1.29, 1.82) is 0 Å². The SMILES string of the molecule is CCOc1ccccc1CN1CCc2nc(N3CCCC3)ncc2C1. The third-order valence-corrected chi connectivity index (χ3v) is 5.06. The van der Waals surface area contributed by atoms with Crippen LogP contribution in [0.1, 0.15) is 36.6 Å². The molecule has 5 heteroatoms. The zero-order chi connectivity index (χ0) is 17.1. The van der Waals surface area contributed by atoms with Gasteiger partial charge in [0.15, 0.2) is 0 Å². The highest BCUT2D eigenvalue weighted by Gasteiger charge is 2.22. The molecule has 1 fully saturated rings. The van der Waals surface area contributed by atoms with Gasteiger partial charge in [-0.2, -0.15) is 0 Å². The zero-order valence-corrected chi connectivity index (χ0v) is 14.9. The molecule has 0 radical (unpaired) electrons. The first-order valence-corrected chi connectivity index (χ1v) is 9.36. The van der Waals surface area contributed by atoms with Gasteiger partial charge in [-0.25, -0.2) is 9.97 Å². The molecule has 25 heavy (non-hydrogen) atoms. The first-order chi connectivity index (χ1) is 12.3. The predicted octanol–water partition coefficient (Wildman–Crippen LogP) is 3.03. The van der Waals surface area contributed by atoms with Crippen LogP contribution in [0.2, 0.25) is 0 Å². The molecule has 0 unspecified atom stereocenters. The van der Waals surface area contributed by atoms with Crippen LogP contribution in [-0.4, -0.2) is 41.1 Å². The second-order valence-electron chi connectivity index (χ2n) is 6.84. The Labute approximate surface area is 149 Å². The van der Waals surface area contributed by atoms with Crippen LogP contribution in [-0.2, 0) is 19.5 Å². The van der Waals surface area contributed by atoms with Crippen molar-refractivity contribution in [3.05, 3.63) is 47.3 Å². The van der Waals surface area contributed by atoms with Crippen LogP contribution in [0.3, 0.4) is 0 Å². The van der Waals surface area contributed by atoms with Crippen LogP contribution >= 0.6 is 0 Å². The summed E-state index contributed by atoms with van der Waals surface area (Å²) in [6.07, 6.45) is 5.55. The second-order valence-corrected chi connectivity index (χ2v) is 6.84. The molecule has 1 aromatic heterocycles. The second kappa shape index (κ2) is 7.40. The van der Waals surface area contributed by atoms with Crippen LogP contribution < -0.4 is 9.64 Å². The molecule has 0 saturated carbocycles. The third-order valence-electron chi connectivity index (χ3n) is 5.06. The van der Waals surface area contributed by atoms with Gasteiger partial charge in [-0.3, -0.25) is 4.90 Å². The maximum absolute atomic E-state index is 5.76. The van der Waals surface area contributed by atoms with E-state index in [-0.39, 0.29) is 0 Å². The van der Waals surface area contributed by atoms with Crippen LogP contribution in [0.5, 0.6) is 5.75 Å². The fraction of sp³-hybridized carbons (Fsp3) is 0.500. The minimum absolute atomic E-state index is 0.701. The first kappa shape index (κ1) is 16.3. The molecule has 132 valence electrons. The number of nitrogens with zero attached hydrogens (tertiary/aromatic N) is 4. The Morgan fingerprint density at radius 1 is 1.12 bits per heavy atom. The fourth-order valence-electron chi connectivity index (χ4n) is 3.74. The average molecular weight is 338 g/mol. The van der Waals surface area contributed by atoms with E-state index in [0.717, 1.165) is 50.8 Å². The Bertz CT molecular complexity index is 727. The van der Waals surface area contributed by atoms with Crippen molar-refractivity contribution in [1.82, 2.24) is 14.9 Å². The van der Waals surface area contributed by atoms with E-state index in [1.165, 1.54) is 29.7 Å². The standard InChI is InChI=1S/C20H26N4O/c1-2-25-19-8-4-3-7-16(19)14-23-12-9-18-17(15-23)13-21-20(22-18)24-10-5-6-11-24/h3-4,7-8,13H,2,5-6,9-12,14-15H2,1H3. The van der Waals surface area contributed by atoms with Crippen LogP contribution in [0.25, 0.3) is 0 Å². The maximum atomic E-state index is 5.76. The van der Waals surface area contributed by atoms with Gasteiger partial charge in [0.05, 0.1) is 12.3 Å². The monoisotopic (exact) mass is 338 g/mol. The minimum Gasteiger partial charge on any atom is -0.494 e. The van der Waals surface area contributed by atoms with Crippen LogP contribution in [0.15, 0.2) is 30.5 Å². The van der Waals surface area contributed by atoms with Crippen LogP contribution in [0.4, 0.5) is 5.95 Å². The number of fused-ring (bicyclic) bond motifs is 1. The lowest BCUT2D eigenvalue weighted by molar-refractivity contribution is 0.237. The summed E-state index contributed by atoms with van der Waals surface area (Å²) in [6, 6.07) is 8.34. The summed E-state index contributed by atoms with van der Waals surface area (Å²) in [7, 11) is 0. The molecule has 2 aliphatic heterocycles. The molecule has 0 atom stereocenters. The maximum Gasteiger partial charge on any atom is 0.225 e. The molecule has 0 N–H and O–H groups in total. The van der Waals surface area contributed by atoms with E-state index in [1.807, 2.05) is 19.2 Å². The zero-order valence-electron chi connectivity index (χ0n) is 14.9. The van der Waals surface area contributed by atoms with E-state index in [4.69, 9.17) is 9.72 Å². The lowest BCUT2D eigenvalue weighted by atomic mass is 10.1. The number of benzene rings is 1. The third kappa shape index (κ3) is 3.61. The highest BCUT2D eigenvalue weighted by Crippen LogP contribution is 2.25. The molecule has 0 aliphatic carbocycles. The van der Waals surface area contributed by atoms with Gasteiger partial charge in [0.2, 0.25) is 5.95 Å². The summed E-state index contributed by atoms with van der Waals surface area (Å²) in [4.78, 5) is 14.2. The number of para-hydroxylation sites is 1. The summed E-state index contributed by atoms with van der Waals surface area (Å²) in [5, 5.41) is 0. The molecule has 1 aromatic carbocycles. The molecule has 0 amide bonds. The summed E-state index contributed by atoms with van der Waals surface area (Å²) in [5.74, 6) is 1.92. The number of aromatic nitrogens is 2. The van der Waals surface area contributed by atoms with Crippen molar-refractivity contribution >= 4 is 5.95 Å². The summed E-state index contributed by atoms with van der Waals surface area (Å²) < 4.78 is 5.76. The summed E-state index contributed by atoms with van der Waals surface area (Å²) >= 11 is 0. The molecule has 5 nitrogen and oxygen atoms in total. The van der Waals surface area contributed by atoms with E-state index >= 15 is 0 Å². The lowest BCUT2D eigenvalue weighted by Crippen LogP contribution is -2.32. The van der Waals surface area contributed by atoms with Gasteiger partial charge in [0, 0.05) is 56.5 Å². The van der Waals surface area contributed by atoms with Crippen molar-refractivity contribution in [2.75, 3.05) is 31.1 Å². The molecule has 0 bridgehead atoms. The smallest absolute Gasteiger partial charge is 0.225 e. The van der Waals surface area contributed by atoms with Gasteiger partial charge >= 0.3 is 0 Å². The summed E-state index contributed by atoms with van der Waals surface area (Å²) in [5.41, 5.74) is 3.75. The fourth-order valence-corrected chi connectivity index (χ4v) is 3.74. The molecule has 0 spiro atoms. The number of ether oxygens (including phenoxy) is 1. The molecule has 2 aliphatic rings. The Kier molecular flexibility index (Phi) is 4.83. The van der Waals surface area contributed by atoms with Gasteiger partial charge in [-0.1, -0.05) is 18.2 Å². The lowest BCUT2D eigenvalue weighted by Gasteiger charge is -2.29. The normalized spacial score (nSPS) is 17.6. The Balaban J connectivity index is 1.46. The number of hydrogen-bond acceptors (Lipinski definition) is 5. The largest absolute Gasteiger partial charge is 0.494 e. The highest BCUT2D eigenvalue weighted by atomic mass is 16.5. The van der Waals surface area contributed by atoms with Gasteiger partial charge < -0.3 is 9.64 Å². The van der Waals surface area contributed by atoms with Gasteiger partial charge in [0.25, 0.3) is 0 Å². The van der Waals surface area contributed by atoms with E-state index in [2.05, 4.69) is 33.0 Å². The van der Waals surface area contributed by atoms with E-state index in [9.17, 15) is 0 Å². The van der Waals surface area contributed by atoms with Gasteiger partial charge in [-0.05, 0) is 25.8 Å². The average Bonchev–Trinajstić information content (AvgIpc) is 3.18. The molecular formula is C20H26N4O. The Hall–Kier alpha value is -2.14. The van der Waals surface area contributed by atoms with E-state index < -0.39 is 0 Å². The quantitative estimate of drug-likeness (QED) is 0.838. The van der Waals surface area contributed by atoms with Gasteiger partial charge in [0.1, 0.15) is 5.75 Å². The molecular weight excluding hydrogens is 312 g/mol. The number of anilines is 1. The first-order valence-electron chi connectivity index (χ1n) is 9.36. The Morgan fingerprint density at radius 3 is 2.80 bits per heavy atom. The highest BCUT2D eigenvalue weighted by molar-refractivity contribution is 5.36. The van der Waals surface area contributed by atoms with Crippen molar-refractivity contribution in [2.24, 2.45) is 0 Å². The van der Waals surface area contributed by atoms with Crippen LogP contribution in [0, 0.1) is 0 Å². The van der Waals surface area contributed by atoms with Crippen molar-refractivity contribution in [2.45, 2.75) is 39.3 Å². The number of hydrogen-bond donors (Lipinski definition) is 0. The summed E-state index contributed by atoms with van der Waals surface area (Å²) in [6.45, 7) is 7.78. The van der Waals surface area contributed by atoms with Crippen molar-refractivity contribution in [3.63, 3.8) is 0 Å². The van der Waals surface area contributed by atoms with E-state index in [1.54, 1.807) is 0 Å². The van der Waals surface area contributed by atoms with Crippen molar-refractivity contribution in [3.8, 4) is 5.75 Å². The molecule has 3 heterocycles. The number of rotatable bonds is 5. The molecule has 4 rings (SSSR count). The molecule has 2 aromatic rings. The van der Waals surface area contributed by atoms with Crippen molar-refractivity contribution < 1.29 is 4.74 Å². The predicted molar refractivity (Wildman–Crippen MR) is 98.9 cm³/mol. The van der Waals surface area contributed by atoms with E-state index in [0.29, 0.717) is 6.61 Å². The minimum atomic E-state index is 0.701. The van der Waals surface area contributed by atoms with Gasteiger partial charge in [-0.15, -0.1) is 0 Å². The topological polar surface area (TPSA) is 41.5 Å². The molecule has 1 saturated heterocycles.